The molecule has 0 unspecified atom stereocenters. The lowest BCUT2D eigenvalue weighted by atomic mass is 9.74. The van der Waals surface area contributed by atoms with Crippen LogP contribution in [0.15, 0.2) is 24.3 Å². The number of hydrogen-bond acceptors (Lipinski definition) is 3. The van der Waals surface area contributed by atoms with Gasteiger partial charge in [0.05, 0.1) is 17.1 Å². The van der Waals surface area contributed by atoms with Gasteiger partial charge >= 0.3 is 7.12 Å². The van der Waals surface area contributed by atoms with E-state index in [0.29, 0.717) is 0 Å². The molecule has 0 aliphatic carbocycles. The van der Waals surface area contributed by atoms with Crippen molar-refractivity contribution >= 4 is 7.12 Å². The molecule has 18 heavy (non-hydrogen) atoms. The van der Waals surface area contributed by atoms with Gasteiger partial charge in [-0.1, -0.05) is 29.8 Å². The molecule has 1 heterocycles. The van der Waals surface area contributed by atoms with Gasteiger partial charge in [0.1, 0.15) is 0 Å². The van der Waals surface area contributed by atoms with Gasteiger partial charge < -0.3 is 15.0 Å². The third-order valence-corrected chi connectivity index (χ3v) is 3.99. The van der Waals surface area contributed by atoms with Gasteiger partial charge in [0.15, 0.2) is 0 Å². The molecule has 0 radical (unpaired) electrons. The van der Waals surface area contributed by atoms with Crippen molar-refractivity contribution in [1.82, 2.24) is 0 Å². The Labute approximate surface area is 110 Å². The Kier molecular flexibility index (Phi) is 3.30. The Morgan fingerprint density at radius 3 is 2.17 bits per heavy atom. The summed E-state index contributed by atoms with van der Waals surface area (Å²) in [6.45, 7) is 10.2. The molecule has 1 saturated heterocycles. The minimum atomic E-state index is -0.392. The molecular weight excluding hydrogens is 225 g/mol. The molecule has 1 aliphatic heterocycles. The lowest BCUT2D eigenvalue weighted by molar-refractivity contribution is 0.00578. The number of rotatable bonds is 2. The third kappa shape index (κ3) is 2.33. The molecule has 0 saturated carbocycles. The fraction of sp³-hybridized carbons (Fsp3) is 0.571. The van der Waals surface area contributed by atoms with Crippen LogP contribution in [0.4, 0.5) is 0 Å². The number of hydrogen-bond donors (Lipinski definition) is 1. The van der Waals surface area contributed by atoms with Gasteiger partial charge in [0, 0.05) is 0 Å². The SMILES string of the molecule is Cc1cccc([C@@H](N)B2OC(C)(C)C(C)(C)O2)c1. The van der Waals surface area contributed by atoms with Crippen molar-refractivity contribution in [1.29, 1.82) is 0 Å². The lowest BCUT2D eigenvalue weighted by Crippen LogP contribution is -2.41. The van der Waals surface area contributed by atoms with E-state index in [4.69, 9.17) is 15.0 Å². The van der Waals surface area contributed by atoms with E-state index in [1.165, 1.54) is 5.56 Å². The summed E-state index contributed by atoms with van der Waals surface area (Å²) >= 11 is 0. The minimum absolute atomic E-state index is 0.258. The van der Waals surface area contributed by atoms with E-state index in [9.17, 15) is 0 Å². The highest BCUT2D eigenvalue weighted by atomic mass is 16.7. The summed E-state index contributed by atoms with van der Waals surface area (Å²) in [5.41, 5.74) is 7.84. The first kappa shape index (κ1) is 13.6. The van der Waals surface area contributed by atoms with E-state index in [-0.39, 0.29) is 17.1 Å². The van der Waals surface area contributed by atoms with Crippen molar-refractivity contribution in [3.63, 3.8) is 0 Å². The topological polar surface area (TPSA) is 44.5 Å². The van der Waals surface area contributed by atoms with E-state index >= 15 is 0 Å². The summed E-state index contributed by atoms with van der Waals surface area (Å²) in [4.78, 5) is 0. The zero-order valence-corrected chi connectivity index (χ0v) is 11.9. The van der Waals surface area contributed by atoms with Crippen molar-refractivity contribution in [2.45, 2.75) is 51.8 Å². The predicted octanol–water partition coefficient (Wildman–Crippen LogP) is 2.63. The van der Waals surface area contributed by atoms with Crippen LogP contribution in [0, 0.1) is 6.92 Å². The molecule has 4 heteroatoms. The lowest BCUT2D eigenvalue weighted by Gasteiger charge is -2.32. The monoisotopic (exact) mass is 247 g/mol. The quantitative estimate of drug-likeness (QED) is 0.817. The number of nitrogens with two attached hydrogens (primary N) is 1. The molecule has 2 N–H and O–H groups in total. The summed E-state index contributed by atoms with van der Waals surface area (Å²) in [6.07, 6.45) is 0. The van der Waals surface area contributed by atoms with Crippen molar-refractivity contribution in [3.05, 3.63) is 35.4 Å². The molecule has 1 aromatic rings. The van der Waals surface area contributed by atoms with Gasteiger partial charge in [-0.05, 0) is 40.2 Å². The van der Waals surface area contributed by atoms with Crippen LogP contribution >= 0.6 is 0 Å². The van der Waals surface area contributed by atoms with Crippen molar-refractivity contribution in [2.75, 3.05) is 0 Å². The van der Waals surface area contributed by atoms with Crippen LogP contribution in [-0.4, -0.2) is 18.3 Å². The second-order valence-electron chi connectivity index (χ2n) is 6.06. The maximum atomic E-state index is 6.26. The van der Waals surface area contributed by atoms with Crippen LogP contribution in [-0.2, 0) is 9.31 Å². The summed E-state index contributed by atoms with van der Waals surface area (Å²) in [5.74, 6) is -0.258. The Bertz CT molecular complexity index is 429. The van der Waals surface area contributed by atoms with Crippen molar-refractivity contribution in [3.8, 4) is 0 Å². The Balaban J connectivity index is 2.20. The van der Waals surface area contributed by atoms with Crippen LogP contribution in [0.3, 0.4) is 0 Å². The Morgan fingerprint density at radius 1 is 1.11 bits per heavy atom. The first-order valence-electron chi connectivity index (χ1n) is 6.41. The van der Waals surface area contributed by atoms with Gasteiger partial charge in [-0.25, -0.2) is 0 Å². The Morgan fingerprint density at radius 2 is 1.67 bits per heavy atom. The molecule has 1 atom stereocenters. The van der Waals surface area contributed by atoms with E-state index in [0.717, 1.165) is 5.56 Å². The highest BCUT2D eigenvalue weighted by Crippen LogP contribution is 2.39. The summed E-state index contributed by atoms with van der Waals surface area (Å²) in [7, 11) is -0.392. The van der Waals surface area contributed by atoms with Crippen LogP contribution in [0.5, 0.6) is 0 Å². The van der Waals surface area contributed by atoms with Crippen LogP contribution in [0.2, 0.25) is 0 Å². The average Bonchev–Trinajstić information content (AvgIpc) is 2.47. The highest BCUT2D eigenvalue weighted by molar-refractivity contribution is 6.47. The number of aryl methyl sites for hydroxylation is 1. The maximum Gasteiger partial charge on any atom is 0.480 e. The first-order valence-corrected chi connectivity index (χ1v) is 6.41. The minimum Gasteiger partial charge on any atom is -0.402 e. The summed E-state index contributed by atoms with van der Waals surface area (Å²) in [6, 6.07) is 8.16. The van der Waals surface area contributed by atoms with Crippen LogP contribution < -0.4 is 5.73 Å². The zero-order valence-electron chi connectivity index (χ0n) is 11.9. The Hall–Kier alpha value is -0.835. The second-order valence-corrected chi connectivity index (χ2v) is 6.06. The van der Waals surface area contributed by atoms with Crippen LogP contribution in [0.25, 0.3) is 0 Å². The molecule has 0 bridgehead atoms. The standard InChI is InChI=1S/C14H22BNO2/c1-10-7-6-8-11(9-10)12(16)15-17-13(2,3)14(4,5)18-15/h6-9,12H,16H2,1-5H3/t12-/m1/s1. The second kappa shape index (κ2) is 4.37. The maximum absolute atomic E-state index is 6.26. The van der Waals surface area contributed by atoms with E-state index < -0.39 is 7.12 Å². The van der Waals surface area contributed by atoms with Gasteiger partial charge in [-0.15, -0.1) is 0 Å². The molecule has 0 amide bonds. The number of benzene rings is 1. The van der Waals surface area contributed by atoms with Crippen LogP contribution in [0.1, 0.15) is 44.8 Å². The van der Waals surface area contributed by atoms with Crippen molar-refractivity contribution < 1.29 is 9.31 Å². The molecule has 3 nitrogen and oxygen atoms in total. The molecule has 1 aliphatic rings. The highest BCUT2D eigenvalue weighted by Gasteiger charge is 2.53. The van der Waals surface area contributed by atoms with Gasteiger partial charge in [-0.3, -0.25) is 0 Å². The fourth-order valence-electron chi connectivity index (χ4n) is 2.07. The molecular formula is C14H22BNO2. The largest absolute Gasteiger partial charge is 0.480 e. The molecule has 0 spiro atoms. The zero-order chi connectivity index (χ0) is 13.6. The van der Waals surface area contributed by atoms with Gasteiger partial charge in [-0.2, -0.15) is 0 Å². The molecule has 98 valence electrons. The van der Waals surface area contributed by atoms with Crippen molar-refractivity contribution in [2.24, 2.45) is 5.73 Å². The smallest absolute Gasteiger partial charge is 0.402 e. The normalized spacial score (nSPS) is 23.1. The van der Waals surface area contributed by atoms with E-state index in [2.05, 4.69) is 19.1 Å². The third-order valence-electron chi connectivity index (χ3n) is 3.99. The molecule has 0 aromatic heterocycles. The molecule has 1 aromatic carbocycles. The fourth-order valence-corrected chi connectivity index (χ4v) is 2.07. The first-order chi connectivity index (χ1) is 8.23. The molecule has 1 fully saturated rings. The summed E-state index contributed by atoms with van der Waals surface area (Å²) < 4.78 is 11.9. The van der Waals surface area contributed by atoms with Gasteiger partial charge in [0.2, 0.25) is 0 Å². The van der Waals surface area contributed by atoms with E-state index in [1.807, 2.05) is 39.8 Å². The molecule has 2 rings (SSSR count). The average molecular weight is 247 g/mol. The van der Waals surface area contributed by atoms with Gasteiger partial charge in [0.25, 0.3) is 0 Å². The summed E-state index contributed by atoms with van der Waals surface area (Å²) in [5, 5.41) is 0. The predicted molar refractivity (Wildman–Crippen MR) is 74.2 cm³/mol. The van der Waals surface area contributed by atoms with E-state index in [1.54, 1.807) is 0 Å².